The van der Waals surface area contributed by atoms with Crippen LogP contribution in [-0.4, -0.2) is 12.0 Å². The van der Waals surface area contributed by atoms with Crippen molar-refractivity contribution in [1.29, 1.82) is 0 Å². The third-order valence-electron chi connectivity index (χ3n) is 1.38. The molecule has 0 aromatic rings. The lowest BCUT2D eigenvalue weighted by Crippen LogP contribution is -2.09. The Kier molecular flexibility index (Phi) is 5.21. The average Bonchev–Trinajstić information content (AvgIpc) is 1.87. The zero-order chi connectivity index (χ0) is 7.28. The van der Waals surface area contributed by atoms with Crippen LogP contribution in [0.3, 0.4) is 0 Å². The fraction of sp³-hybridized carbons (Fsp3) is 1.00. The van der Waals surface area contributed by atoms with Crippen LogP contribution in [0.5, 0.6) is 0 Å². The summed E-state index contributed by atoms with van der Waals surface area (Å²) < 4.78 is 0. The van der Waals surface area contributed by atoms with Crippen LogP contribution in [0.1, 0.15) is 26.7 Å². The zero-order valence-electron chi connectivity index (χ0n) is 6.06. The highest BCUT2D eigenvalue weighted by molar-refractivity contribution is 6.18. The number of hydrogen-bond donors (Lipinski definition) is 0. The molecule has 0 saturated heterocycles. The molecule has 0 aliphatic carbocycles. The van der Waals surface area contributed by atoms with Gasteiger partial charge in [0, 0.05) is 5.88 Å². The van der Waals surface area contributed by atoms with Crippen LogP contribution in [0.25, 0.3) is 0 Å². The zero-order valence-corrected chi connectivity index (χ0v) is 6.82. The van der Waals surface area contributed by atoms with Crippen molar-refractivity contribution in [1.82, 2.24) is 0 Å². The first-order valence-corrected chi connectivity index (χ1v) is 3.95. The van der Waals surface area contributed by atoms with Crippen molar-refractivity contribution in [2.24, 2.45) is 5.92 Å². The van der Waals surface area contributed by atoms with Gasteiger partial charge in [-0.3, -0.25) is 0 Å². The summed E-state index contributed by atoms with van der Waals surface area (Å²) in [7, 11) is 0. The maximum Gasteiger partial charge on any atom is 0.0930 e. The molecule has 0 spiro atoms. The fourth-order valence-corrected chi connectivity index (χ4v) is 0.804. The molecule has 2 heteroatoms. The molecule has 0 rings (SSSR count). The molecule has 55 valence electrons. The van der Waals surface area contributed by atoms with E-state index in [1.807, 2.05) is 13.8 Å². The molecule has 2 unspecified atom stereocenters. The third kappa shape index (κ3) is 4.73. The van der Waals surface area contributed by atoms with Crippen molar-refractivity contribution in [3.05, 3.63) is 0 Å². The predicted octanol–water partition coefficient (Wildman–Crippen LogP) is 2.46. The van der Waals surface area contributed by atoms with Gasteiger partial charge < -0.3 is 0 Å². The molecular formula is C7H14ClO. The van der Waals surface area contributed by atoms with Gasteiger partial charge in [0.2, 0.25) is 0 Å². The summed E-state index contributed by atoms with van der Waals surface area (Å²) in [6.07, 6.45) is 1.04. The Morgan fingerprint density at radius 1 is 1.56 bits per heavy atom. The van der Waals surface area contributed by atoms with Crippen LogP contribution < -0.4 is 0 Å². The van der Waals surface area contributed by atoms with E-state index in [-0.39, 0.29) is 0 Å². The highest BCUT2D eigenvalue weighted by Gasteiger charge is 2.07. The highest BCUT2D eigenvalue weighted by atomic mass is 35.5. The van der Waals surface area contributed by atoms with E-state index in [0.717, 1.165) is 12.8 Å². The van der Waals surface area contributed by atoms with Gasteiger partial charge in [-0.25, -0.2) is 5.11 Å². The number of halogens is 1. The van der Waals surface area contributed by atoms with E-state index in [4.69, 9.17) is 11.6 Å². The Balaban J connectivity index is 3.22. The maximum absolute atomic E-state index is 10.8. The molecule has 0 fully saturated rings. The van der Waals surface area contributed by atoms with Crippen molar-refractivity contribution in [3.8, 4) is 0 Å². The van der Waals surface area contributed by atoms with Crippen molar-refractivity contribution in [2.75, 3.05) is 5.88 Å². The molecular weight excluding hydrogens is 136 g/mol. The summed E-state index contributed by atoms with van der Waals surface area (Å²) in [6.45, 7) is 3.92. The minimum atomic E-state index is -0.404. The van der Waals surface area contributed by atoms with E-state index < -0.39 is 6.10 Å². The van der Waals surface area contributed by atoms with E-state index in [2.05, 4.69) is 0 Å². The van der Waals surface area contributed by atoms with Crippen LogP contribution in [0, 0.1) is 5.92 Å². The predicted molar refractivity (Wildman–Crippen MR) is 39.3 cm³/mol. The second-order valence-electron chi connectivity index (χ2n) is 2.53. The van der Waals surface area contributed by atoms with E-state index in [9.17, 15) is 5.11 Å². The van der Waals surface area contributed by atoms with Gasteiger partial charge in [-0.05, 0) is 18.8 Å². The minimum absolute atomic E-state index is 0.383. The molecule has 1 radical (unpaired) electrons. The molecule has 0 aromatic carbocycles. The summed E-state index contributed by atoms with van der Waals surface area (Å²) in [4.78, 5) is 0. The summed E-state index contributed by atoms with van der Waals surface area (Å²) >= 11 is 5.51. The van der Waals surface area contributed by atoms with Crippen LogP contribution >= 0.6 is 11.6 Å². The number of hydrogen-bond acceptors (Lipinski definition) is 0. The highest BCUT2D eigenvalue weighted by Crippen LogP contribution is 2.09. The van der Waals surface area contributed by atoms with Gasteiger partial charge in [0.25, 0.3) is 0 Å². The Bertz CT molecular complexity index is 57.9. The lowest BCUT2D eigenvalue weighted by atomic mass is 10.0. The summed E-state index contributed by atoms with van der Waals surface area (Å²) in [6, 6.07) is 0. The molecule has 1 nitrogen and oxygen atoms in total. The molecule has 0 bridgehead atoms. The average molecular weight is 150 g/mol. The molecule has 9 heavy (non-hydrogen) atoms. The maximum atomic E-state index is 10.8. The standard InChI is InChI=1S/C7H14ClO/c1-3-7(9)4-6(2)5-8/h6-7H,3-5H2,1-2H3. The summed E-state index contributed by atoms with van der Waals surface area (Å²) in [5, 5.41) is 10.8. The minimum Gasteiger partial charge on any atom is -0.233 e. The van der Waals surface area contributed by atoms with Crippen molar-refractivity contribution >= 4 is 11.6 Å². The molecule has 0 amide bonds. The monoisotopic (exact) mass is 149 g/mol. The van der Waals surface area contributed by atoms with Gasteiger partial charge >= 0.3 is 0 Å². The van der Waals surface area contributed by atoms with E-state index in [0.29, 0.717) is 11.8 Å². The normalized spacial score (nSPS) is 17.3. The smallest absolute Gasteiger partial charge is 0.0930 e. The van der Waals surface area contributed by atoms with Crippen LogP contribution in [0.4, 0.5) is 0 Å². The van der Waals surface area contributed by atoms with Gasteiger partial charge in [-0.2, -0.15) is 0 Å². The Labute approximate surface area is 62.0 Å². The molecule has 2 atom stereocenters. The Hall–Kier alpha value is 0.250. The summed E-state index contributed by atoms with van der Waals surface area (Å²) in [5.41, 5.74) is 0. The molecule has 0 saturated carbocycles. The topological polar surface area (TPSA) is 19.9 Å². The first-order valence-electron chi connectivity index (χ1n) is 3.42. The lowest BCUT2D eigenvalue weighted by molar-refractivity contribution is 0.0675. The van der Waals surface area contributed by atoms with Gasteiger partial charge in [-0.15, -0.1) is 11.6 Å². The Morgan fingerprint density at radius 3 is 2.44 bits per heavy atom. The summed E-state index contributed by atoms with van der Waals surface area (Å²) in [5.74, 6) is 0.993. The van der Waals surface area contributed by atoms with E-state index in [1.54, 1.807) is 0 Å². The van der Waals surface area contributed by atoms with Crippen molar-refractivity contribution in [2.45, 2.75) is 32.8 Å². The van der Waals surface area contributed by atoms with Crippen molar-refractivity contribution in [3.63, 3.8) is 0 Å². The SMILES string of the molecule is CCC([O])CC(C)CCl. The van der Waals surface area contributed by atoms with Gasteiger partial charge in [0.05, 0.1) is 6.10 Å². The van der Waals surface area contributed by atoms with Crippen LogP contribution in [0.2, 0.25) is 0 Å². The van der Waals surface area contributed by atoms with Gasteiger partial charge in [0.15, 0.2) is 0 Å². The molecule has 0 aliphatic rings. The first kappa shape index (κ1) is 9.25. The van der Waals surface area contributed by atoms with E-state index >= 15 is 0 Å². The van der Waals surface area contributed by atoms with Gasteiger partial charge in [0.1, 0.15) is 0 Å². The van der Waals surface area contributed by atoms with Crippen molar-refractivity contribution < 1.29 is 5.11 Å². The number of alkyl halides is 1. The van der Waals surface area contributed by atoms with Crippen LogP contribution in [0.15, 0.2) is 0 Å². The molecule has 0 heterocycles. The largest absolute Gasteiger partial charge is 0.233 e. The second kappa shape index (κ2) is 5.07. The van der Waals surface area contributed by atoms with Crippen LogP contribution in [-0.2, 0) is 5.11 Å². The molecule has 0 aliphatic heterocycles. The first-order chi connectivity index (χ1) is 4.20. The molecule has 0 N–H and O–H groups in total. The quantitative estimate of drug-likeness (QED) is 0.548. The second-order valence-corrected chi connectivity index (χ2v) is 2.83. The lowest BCUT2D eigenvalue weighted by Gasteiger charge is -2.08. The van der Waals surface area contributed by atoms with Gasteiger partial charge in [-0.1, -0.05) is 13.8 Å². The fourth-order valence-electron chi connectivity index (χ4n) is 0.678. The third-order valence-corrected chi connectivity index (χ3v) is 1.91. The Morgan fingerprint density at radius 2 is 2.11 bits per heavy atom. The number of rotatable bonds is 4. The van der Waals surface area contributed by atoms with E-state index in [1.165, 1.54) is 0 Å². The molecule has 0 aromatic heterocycles.